The van der Waals surface area contributed by atoms with E-state index in [-0.39, 0.29) is 24.8 Å². The second-order valence-electron chi connectivity index (χ2n) is 7.99. The molecule has 0 bridgehead atoms. The highest BCUT2D eigenvalue weighted by atomic mass is 16.5. The number of hydrogen-bond donors (Lipinski definition) is 2. The van der Waals surface area contributed by atoms with Crippen molar-refractivity contribution in [3.63, 3.8) is 0 Å². The molecule has 8 heteroatoms. The van der Waals surface area contributed by atoms with Crippen molar-refractivity contribution in [3.8, 4) is 0 Å². The lowest BCUT2D eigenvalue weighted by Crippen LogP contribution is -2.33. The standard InChI is InChI=1S/C24H27N3O5/c1-15-4-6-18(7-5-15)13-27-14-19(12-22(27)29)24(31)32-16(2)23(30)26-21-10-8-20(9-11-21)25-17(3)28/h4-11,16,19H,12-14H2,1-3H3,(H,25,28)(H,26,30)/t16-,19+/m0/s1. The number of esters is 1. The second kappa shape index (κ2) is 10.1. The van der Waals surface area contributed by atoms with Crippen molar-refractivity contribution in [2.45, 2.75) is 39.8 Å². The zero-order valence-electron chi connectivity index (χ0n) is 18.4. The van der Waals surface area contributed by atoms with Crippen LogP contribution in [0.15, 0.2) is 48.5 Å². The lowest BCUT2D eigenvalue weighted by atomic mass is 10.1. The molecule has 0 unspecified atom stereocenters. The Morgan fingerprint density at radius 1 is 1.03 bits per heavy atom. The Kier molecular flexibility index (Phi) is 7.25. The van der Waals surface area contributed by atoms with Crippen LogP contribution in [0.3, 0.4) is 0 Å². The van der Waals surface area contributed by atoms with E-state index in [2.05, 4.69) is 10.6 Å². The van der Waals surface area contributed by atoms with Crippen LogP contribution in [0.2, 0.25) is 0 Å². The summed E-state index contributed by atoms with van der Waals surface area (Å²) in [6, 6.07) is 14.5. The van der Waals surface area contributed by atoms with Gasteiger partial charge in [0.05, 0.1) is 5.92 Å². The lowest BCUT2D eigenvalue weighted by Gasteiger charge is -2.18. The lowest BCUT2D eigenvalue weighted by molar-refractivity contribution is -0.157. The van der Waals surface area contributed by atoms with Crippen LogP contribution in [0, 0.1) is 12.8 Å². The first kappa shape index (κ1) is 23.0. The third kappa shape index (κ3) is 6.16. The number of hydrogen-bond acceptors (Lipinski definition) is 5. The normalized spacial score (nSPS) is 16.4. The molecule has 0 radical (unpaired) electrons. The van der Waals surface area contributed by atoms with Crippen molar-refractivity contribution in [2.24, 2.45) is 5.92 Å². The van der Waals surface area contributed by atoms with Crippen molar-refractivity contribution >= 4 is 35.1 Å². The van der Waals surface area contributed by atoms with Gasteiger partial charge in [-0.15, -0.1) is 0 Å². The minimum atomic E-state index is -1.02. The van der Waals surface area contributed by atoms with Crippen molar-refractivity contribution < 1.29 is 23.9 Å². The number of carbonyl (C=O) groups excluding carboxylic acids is 4. The number of carbonyl (C=O) groups is 4. The van der Waals surface area contributed by atoms with Crippen molar-refractivity contribution in [1.29, 1.82) is 0 Å². The number of nitrogens with zero attached hydrogens (tertiary/aromatic N) is 1. The molecule has 2 aromatic carbocycles. The SMILES string of the molecule is CC(=O)Nc1ccc(NC(=O)[C@H](C)OC(=O)[C@@H]2CC(=O)N(Cc3ccc(C)cc3)C2)cc1. The summed E-state index contributed by atoms with van der Waals surface area (Å²) in [6.45, 7) is 5.60. The molecule has 8 nitrogen and oxygen atoms in total. The summed E-state index contributed by atoms with van der Waals surface area (Å²) in [4.78, 5) is 49.9. The number of anilines is 2. The number of benzene rings is 2. The largest absolute Gasteiger partial charge is 0.452 e. The first-order valence-corrected chi connectivity index (χ1v) is 10.4. The topological polar surface area (TPSA) is 105 Å². The molecule has 0 aliphatic carbocycles. The van der Waals surface area contributed by atoms with E-state index in [1.54, 1.807) is 29.2 Å². The van der Waals surface area contributed by atoms with Gasteiger partial charge in [-0.25, -0.2) is 0 Å². The maximum Gasteiger partial charge on any atom is 0.312 e. The summed E-state index contributed by atoms with van der Waals surface area (Å²) < 4.78 is 5.32. The molecule has 32 heavy (non-hydrogen) atoms. The number of amides is 3. The predicted octanol–water partition coefficient (Wildman–Crippen LogP) is 2.87. The molecular formula is C24H27N3O5. The summed E-state index contributed by atoms with van der Waals surface area (Å²) in [6.07, 6.45) is -0.942. The summed E-state index contributed by atoms with van der Waals surface area (Å²) in [5.74, 6) is -1.94. The second-order valence-corrected chi connectivity index (χ2v) is 7.99. The van der Waals surface area contributed by atoms with Crippen LogP contribution in [0.4, 0.5) is 11.4 Å². The molecule has 3 rings (SSSR count). The van der Waals surface area contributed by atoms with Gasteiger partial charge >= 0.3 is 5.97 Å². The molecule has 1 heterocycles. The number of aryl methyl sites for hydroxylation is 1. The zero-order valence-corrected chi connectivity index (χ0v) is 18.4. The Morgan fingerprint density at radius 2 is 1.62 bits per heavy atom. The third-order valence-electron chi connectivity index (χ3n) is 5.18. The molecule has 0 saturated carbocycles. The van der Waals surface area contributed by atoms with E-state index in [9.17, 15) is 19.2 Å². The maximum absolute atomic E-state index is 12.5. The number of nitrogens with one attached hydrogen (secondary N) is 2. The van der Waals surface area contributed by atoms with E-state index in [0.29, 0.717) is 17.9 Å². The Morgan fingerprint density at radius 3 is 2.22 bits per heavy atom. The summed E-state index contributed by atoms with van der Waals surface area (Å²) in [5, 5.41) is 5.30. The van der Waals surface area contributed by atoms with Crippen molar-refractivity contribution in [2.75, 3.05) is 17.2 Å². The number of ether oxygens (including phenoxy) is 1. The minimum absolute atomic E-state index is 0.0731. The van der Waals surface area contributed by atoms with E-state index in [4.69, 9.17) is 4.74 Å². The monoisotopic (exact) mass is 437 g/mol. The van der Waals surface area contributed by atoms with Gasteiger partial charge in [-0.2, -0.15) is 0 Å². The van der Waals surface area contributed by atoms with Crippen LogP contribution >= 0.6 is 0 Å². The van der Waals surface area contributed by atoms with Gasteiger partial charge in [-0.05, 0) is 43.7 Å². The first-order chi connectivity index (χ1) is 15.2. The van der Waals surface area contributed by atoms with Crippen LogP contribution < -0.4 is 10.6 Å². The molecule has 1 aliphatic heterocycles. The Hall–Kier alpha value is -3.68. The highest BCUT2D eigenvalue weighted by Crippen LogP contribution is 2.22. The van der Waals surface area contributed by atoms with Crippen molar-refractivity contribution in [3.05, 3.63) is 59.7 Å². The van der Waals surface area contributed by atoms with Crippen LogP contribution in [0.25, 0.3) is 0 Å². The highest BCUT2D eigenvalue weighted by molar-refractivity contribution is 5.96. The quantitative estimate of drug-likeness (QED) is 0.648. The highest BCUT2D eigenvalue weighted by Gasteiger charge is 2.36. The molecule has 2 N–H and O–H groups in total. The smallest absolute Gasteiger partial charge is 0.312 e. The van der Waals surface area contributed by atoms with Gasteiger partial charge in [0, 0.05) is 37.8 Å². The average molecular weight is 437 g/mol. The van der Waals surface area contributed by atoms with Gasteiger partial charge in [0.1, 0.15) is 0 Å². The van der Waals surface area contributed by atoms with E-state index in [1.165, 1.54) is 13.8 Å². The molecule has 0 spiro atoms. The third-order valence-corrected chi connectivity index (χ3v) is 5.18. The molecule has 1 aliphatic rings. The fourth-order valence-electron chi connectivity index (χ4n) is 3.40. The molecule has 2 aromatic rings. The predicted molar refractivity (Wildman–Crippen MR) is 120 cm³/mol. The molecule has 1 saturated heterocycles. The van der Waals surface area contributed by atoms with Gasteiger partial charge < -0.3 is 20.3 Å². The van der Waals surface area contributed by atoms with Crippen LogP contribution in [0.5, 0.6) is 0 Å². The average Bonchev–Trinajstić information content (AvgIpc) is 3.11. The van der Waals surface area contributed by atoms with Crippen LogP contribution in [-0.4, -0.2) is 41.2 Å². The van der Waals surface area contributed by atoms with Crippen molar-refractivity contribution in [1.82, 2.24) is 4.90 Å². The number of likely N-dealkylation sites (tertiary alicyclic amines) is 1. The molecule has 168 valence electrons. The Balaban J connectivity index is 1.50. The molecule has 1 fully saturated rings. The molecule has 0 aromatic heterocycles. The zero-order chi connectivity index (χ0) is 23.3. The van der Waals surface area contributed by atoms with E-state index in [0.717, 1.165) is 11.1 Å². The maximum atomic E-state index is 12.5. The van der Waals surface area contributed by atoms with Gasteiger partial charge in [-0.3, -0.25) is 19.2 Å². The fourth-order valence-corrected chi connectivity index (χ4v) is 3.40. The van der Waals surface area contributed by atoms with Crippen LogP contribution in [-0.2, 0) is 30.5 Å². The Bertz CT molecular complexity index is 1000. The molecule has 2 atom stereocenters. The molecular weight excluding hydrogens is 410 g/mol. The minimum Gasteiger partial charge on any atom is -0.452 e. The number of rotatable bonds is 7. The molecule has 3 amide bonds. The summed E-state index contributed by atoms with van der Waals surface area (Å²) in [7, 11) is 0. The van der Waals surface area contributed by atoms with E-state index >= 15 is 0 Å². The van der Waals surface area contributed by atoms with E-state index < -0.39 is 23.9 Å². The van der Waals surface area contributed by atoms with Gasteiger partial charge in [-0.1, -0.05) is 29.8 Å². The van der Waals surface area contributed by atoms with E-state index in [1.807, 2.05) is 31.2 Å². The first-order valence-electron chi connectivity index (χ1n) is 10.4. The summed E-state index contributed by atoms with van der Waals surface area (Å²) >= 11 is 0. The van der Waals surface area contributed by atoms with Gasteiger partial charge in [0.25, 0.3) is 5.91 Å². The van der Waals surface area contributed by atoms with Gasteiger partial charge in [0.15, 0.2) is 6.10 Å². The fraction of sp³-hybridized carbons (Fsp3) is 0.333. The van der Waals surface area contributed by atoms with Crippen LogP contribution in [0.1, 0.15) is 31.4 Å². The van der Waals surface area contributed by atoms with Gasteiger partial charge in [0.2, 0.25) is 11.8 Å². The Labute approximate surface area is 186 Å². The summed E-state index contributed by atoms with van der Waals surface area (Å²) in [5.41, 5.74) is 3.25.